The van der Waals surface area contributed by atoms with Crippen LogP contribution in [0.15, 0.2) is 34.3 Å². The van der Waals surface area contributed by atoms with Crippen LogP contribution >= 0.6 is 0 Å². The molecule has 0 radical (unpaired) electrons. The van der Waals surface area contributed by atoms with Gasteiger partial charge in [-0.3, -0.25) is 38.8 Å². The number of carbonyl (C=O) groups excluding carboxylic acids is 6. The van der Waals surface area contributed by atoms with Gasteiger partial charge in [0.05, 0.1) is 0 Å². The summed E-state index contributed by atoms with van der Waals surface area (Å²) in [5.41, 5.74) is 22.6. The highest BCUT2D eigenvalue weighted by atomic mass is 16.3. The standard InChI is InChI=1S/C34H54N12O7/c1-20(47)45-17-5-9-26(45)30(51)42-23(7-3-15-40-33(35)36)29(50)43-24(8-4-16-41-34(37)38)32(53)46-18-6-10-27(46)31(52)44-25(28(49)39-2)19-21-11-13-22(48)14-12-21/h11-14,23-27,48H,3-10,15-19H2,1-2H3,(H,39,49)(H,42,51)(H,43,50)(H,44,52)(H4,35,36,40)(H4,37,38,41). The number of rotatable bonds is 18. The maximum Gasteiger partial charge on any atom is 0.245 e. The molecule has 2 fully saturated rings. The van der Waals surface area contributed by atoms with Crippen molar-refractivity contribution in [3.63, 3.8) is 0 Å². The Morgan fingerprint density at radius 2 is 1.26 bits per heavy atom. The average Bonchev–Trinajstić information content (AvgIpc) is 3.82. The van der Waals surface area contributed by atoms with Crippen molar-refractivity contribution in [2.75, 3.05) is 33.2 Å². The summed E-state index contributed by atoms with van der Waals surface area (Å²) in [5, 5.41) is 20.5. The Kier molecular flexibility index (Phi) is 16.1. The Hall–Kier alpha value is -5.62. The van der Waals surface area contributed by atoms with E-state index in [4.69, 9.17) is 22.9 Å². The molecule has 0 bridgehead atoms. The minimum Gasteiger partial charge on any atom is -0.508 e. The summed E-state index contributed by atoms with van der Waals surface area (Å²) in [6, 6.07) is 1.37. The highest BCUT2D eigenvalue weighted by Crippen LogP contribution is 2.22. The Morgan fingerprint density at radius 1 is 0.755 bits per heavy atom. The summed E-state index contributed by atoms with van der Waals surface area (Å²) >= 11 is 0. The van der Waals surface area contributed by atoms with Crippen LogP contribution in [0, 0.1) is 0 Å². The lowest BCUT2D eigenvalue weighted by Gasteiger charge is -2.31. The van der Waals surface area contributed by atoms with Crippen LogP contribution in [-0.2, 0) is 35.2 Å². The number of nitrogens with zero attached hydrogens (tertiary/aromatic N) is 4. The van der Waals surface area contributed by atoms with Gasteiger partial charge in [-0.2, -0.15) is 0 Å². The summed E-state index contributed by atoms with van der Waals surface area (Å²) in [6.07, 6.45) is 2.85. The molecule has 2 saturated heterocycles. The topological polar surface area (TPSA) is 306 Å². The predicted molar refractivity (Wildman–Crippen MR) is 197 cm³/mol. The summed E-state index contributed by atoms with van der Waals surface area (Å²) in [7, 11) is 1.45. The molecule has 0 saturated carbocycles. The van der Waals surface area contributed by atoms with Crippen molar-refractivity contribution in [2.24, 2.45) is 32.9 Å². The maximum atomic E-state index is 14.2. The van der Waals surface area contributed by atoms with E-state index in [1.165, 1.54) is 35.9 Å². The number of phenols is 1. The van der Waals surface area contributed by atoms with Crippen molar-refractivity contribution in [2.45, 2.75) is 94.9 Å². The van der Waals surface area contributed by atoms with E-state index in [1.807, 2.05) is 0 Å². The van der Waals surface area contributed by atoms with Gasteiger partial charge in [-0.15, -0.1) is 0 Å². The number of amides is 6. The van der Waals surface area contributed by atoms with Gasteiger partial charge in [0.25, 0.3) is 0 Å². The molecule has 2 aliphatic rings. The van der Waals surface area contributed by atoms with Crippen LogP contribution in [-0.4, -0.2) is 126 Å². The molecule has 0 aliphatic carbocycles. The summed E-state index contributed by atoms with van der Waals surface area (Å²) in [6.45, 7) is 2.37. The van der Waals surface area contributed by atoms with Crippen LogP contribution in [0.3, 0.4) is 0 Å². The number of likely N-dealkylation sites (tertiary alicyclic amines) is 2. The largest absolute Gasteiger partial charge is 0.508 e. The molecule has 1 aromatic carbocycles. The zero-order chi connectivity index (χ0) is 39.1. The number of hydrogen-bond acceptors (Lipinski definition) is 9. The quantitative estimate of drug-likeness (QED) is 0.0422. The van der Waals surface area contributed by atoms with Gasteiger partial charge in [-0.05, 0) is 69.1 Å². The molecule has 1 aromatic rings. The first-order valence-electron chi connectivity index (χ1n) is 17.8. The highest BCUT2D eigenvalue weighted by Gasteiger charge is 2.40. The second-order valence-corrected chi connectivity index (χ2v) is 13.1. The first-order chi connectivity index (χ1) is 25.2. The molecular weight excluding hydrogens is 688 g/mol. The van der Waals surface area contributed by atoms with Crippen molar-refractivity contribution in [1.82, 2.24) is 31.1 Å². The predicted octanol–water partition coefficient (Wildman–Crippen LogP) is -2.76. The highest BCUT2D eigenvalue weighted by molar-refractivity contribution is 5.96. The van der Waals surface area contributed by atoms with Crippen LogP contribution in [0.1, 0.15) is 63.9 Å². The Morgan fingerprint density at radius 3 is 1.79 bits per heavy atom. The Bertz CT molecular complexity index is 1510. The van der Waals surface area contributed by atoms with E-state index >= 15 is 0 Å². The van der Waals surface area contributed by atoms with Crippen molar-refractivity contribution >= 4 is 47.4 Å². The fraction of sp³-hybridized carbons (Fsp3) is 0.588. The number of nitrogens with one attached hydrogen (secondary N) is 4. The van der Waals surface area contributed by atoms with Gasteiger partial charge in [0.15, 0.2) is 11.9 Å². The molecule has 13 N–H and O–H groups in total. The third kappa shape index (κ3) is 12.8. The number of nitrogens with two attached hydrogens (primary N) is 4. The lowest BCUT2D eigenvalue weighted by Crippen LogP contribution is -2.59. The van der Waals surface area contributed by atoms with E-state index in [0.29, 0.717) is 50.6 Å². The van der Waals surface area contributed by atoms with Crippen molar-refractivity contribution in [1.29, 1.82) is 0 Å². The molecule has 0 aromatic heterocycles. The number of phenolic OH excluding ortho intramolecular Hbond substituents is 1. The zero-order valence-corrected chi connectivity index (χ0v) is 30.4. The molecule has 53 heavy (non-hydrogen) atoms. The Balaban J connectivity index is 1.81. The third-order valence-electron chi connectivity index (χ3n) is 9.19. The van der Waals surface area contributed by atoms with Crippen molar-refractivity contribution in [3.05, 3.63) is 29.8 Å². The smallest absolute Gasteiger partial charge is 0.245 e. The van der Waals surface area contributed by atoms with Gasteiger partial charge in [0.2, 0.25) is 35.4 Å². The zero-order valence-electron chi connectivity index (χ0n) is 30.4. The minimum absolute atomic E-state index is 0.0578. The minimum atomic E-state index is -1.13. The van der Waals surface area contributed by atoms with Crippen LogP contribution in [0.5, 0.6) is 5.75 Å². The van der Waals surface area contributed by atoms with E-state index in [2.05, 4.69) is 31.3 Å². The molecule has 19 nitrogen and oxygen atoms in total. The normalized spacial score (nSPS) is 18.2. The number of hydrogen-bond donors (Lipinski definition) is 9. The third-order valence-corrected chi connectivity index (χ3v) is 9.19. The molecule has 2 heterocycles. The fourth-order valence-electron chi connectivity index (χ4n) is 6.51. The van der Waals surface area contributed by atoms with Gasteiger partial charge in [-0.25, -0.2) is 0 Å². The van der Waals surface area contributed by atoms with Gasteiger partial charge in [-0.1, -0.05) is 12.1 Å². The van der Waals surface area contributed by atoms with Crippen LogP contribution in [0.25, 0.3) is 0 Å². The SMILES string of the molecule is CNC(=O)C(Cc1ccc(O)cc1)NC(=O)C1CCCN1C(=O)C(CCCN=C(N)N)NC(=O)C(CCCN=C(N)N)NC(=O)C1CCCN1C(C)=O. The number of carbonyl (C=O) groups is 6. The molecule has 5 atom stereocenters. The first-order valence-corrected chi connectivity index (χ1v) is 17.8. The number of aliphatic imine (C=N–C) groups is 2. The van der Waals surface area contributed by atoms with E-state index in [0.717, 1.165) is 0 Å². The van der Waals surface area contributed by atoms with Gasteiger partial charge < -0.3 is 59.1 Å². The summed E-state index contributed by atoms with van der Waals surface area (Å²) in [4.78, 5) is 90.8. The molecule has 3 rings (SSSR count). The van der Waals surface area contributed by atoms with E-state index in [9.17, 15) is 33.9 Å². The second-order valence-electron chi connectivity index (χ2n) is 13.1. The van der Waals surface area contributed by atoms with E-state index < -0.39 is 59.7 Å². The summed E-state index contributed by atoms with van der Waals surface area (Å²) in [5.74, 6) is -3.11. The number of benzene rings is 1. The molecule has 6 amide bonds. The lowest BCUT2D eigenvalue weighted by atomic mass is 10.0. The Labute approximate surface area is 308 Å². The van der Waals surface area contributed by atoms with Gasteiger partial charge >= 0.3 is 0 Å². The average molecular weight is 743 g/mol. The van der Waals surface area contributed by atoms with Crippen LogP contribution in [0.4, 0.5) is 0 Å². The summed E-state index contributed by atoms with van der Waals surface area (Å²) < 4.78 is 0. The molecule has 0 spiro atoms. The fourth-order valence-corrected chi connectivity index (χ4v) is 6.51. The van der Waals surface area contributed by atoms with Crippen molar-refractivity contribution < 1.29 is 33.9 Å². The monoisotopic (exact) mass is 742 g/mol. The maximum absolute atomic E-state index is 14.2. The van der Waals surface area contributed by atoms with Crippen molar-refractivity contribution in [3.8, 4) is 5.75 Å². The molecular formula is C34H54N12O7. The van der Waals surface area contributed by atoms with Gasteiger partial charge in [0.1, 0.15) is 36.0 Å². The lowest BCUT2D eigenvalue weighted by molar-refractivity contribution is -0.143. The molecule has 19 heteroatoms. The number of guanidine groups is 2. The molecule has 2 aliphatic heterocycles. The van der Waals surface area contributed by atoms with Crippen LogP contribution in [0.2, 0.25) is 0 Å². The first kappa shape index (κ1) is 41.8. The second kappa shape index (κ2) is 20.4. The number of likely N-dealkylation sites (N-methyl/N-ethyl adjacent to an activating group) is 1. The van der Waals surface area contributed by atoms with Gasteiger partial charge in [0, 0.05) is 46.6 Å². The number of aromatic hydroxyl groups is 1. The molecule has 292 valence electrons. The van der Waals surface area contributed by atoms with Crippen LogP contribution < -0.4 is 44.2 Å². The molecule has 5 unspecified atom stereocenters. The van der Waals surface area contributed by atoms with E-state index in [1.54, 1.807) is 12.1 Å². The van der Waals surface area contributed by atoms with E-state index in [-0.39, 0.29) is 62.5 Å².